The number of ether oxygens (including phenoxy) is 1. The molecule has 0 saturated heterocycles. The number of rotatable bonds is 5. The second-order valence-corrected chi connectivity index (χ2v) is 12.0. The number of carboxylic acid groups (broad SMARTS) is 1. The third-order valence-corrected chi connectivity index (χ3v) is 8.59. The van der Waals surface area contributed by atoms with Crippen LogP contribution >= 0.6 is 0 Å². The van der Waals surface area contributed by atoms with E-state index in [9.17, 15) is 24.9 Å². The van der Waals surface area contributed by atoms with Crippen molar-refractivity contribution in [2.75, 3.05) is 0 Å². The Hall–Kier alpha value is -5.02. The minimum Gasteiger partial charge on any atom is -0.508 e. The van der Waals surface area contributed by atoms with Gasteiger partial charge in [-0.1, -0.05) is 24.3 Å². The zero-order chi connectivity index (χ0) is 33.8. The monoisotopic (exact) mass is 642 g/mol. The van der Waals surface area contributed by atoms with Crippen molar-refractivity contribution in [3.63, 3.8) is 0 Å². The fourth-order valence-corrected chi connectivity index (χ4v) is 5.84. The van der Waals surface area contributed by atoms with E-state index in [2.05, 4.69) is 0 Å². The Labute approximate surface area is 274 Å². The summed E-state index contributed by atoms with van der Waals surface area (Å²) in [6.07, 6.45) is 7.42. The minimum atomic E-state index is -0.986. The first-order valence-electron chi connectivity index (χ1n) is 15.9. The molecule has 0 spiro atoms. The highest BCUT2D eigenvalue weighted by Crippen LogP contribution is 2.35. The van der Waals surface area contributed by atoms with Gasteiger partial charge in [-0.05, 0) is 147 Å². The number of carbonyl (C=O) groups is 2. The van der Waals surface area contributed by atoms with Crippen LogP contribution in [-0.2, 0) is 4.74 Å². The molecule has 4 aromatic carbocycles. The smallest absolute Gasteiger partial charge is 0.338 e. The van der Waals surface area contributed by atoms with E-state index in [1.165, 1.54) is 47.5 Å². The van der Waals surface area contributed by atoms with Crippen molar-refractivity contribution < 1.29 is 45.0 Å². The molecule has 9 heteroatoms. The zero-order valence-electron chi connectivity index (χ0n) is 26.1. The van der Waals surface area contributed by atoms with Gasteiger partial charge < -0.3 is 35.4 Å². The van der Waals surface area contributed by atoms with Crippen LogP contribution < -0.4 is 0 Å². The highest BCUT2D eigenvalue weighted by molar-refractivity contribution is 5.89. The molecule has 2 saturated carbocycles. The Bertz CT molecular complexity index is 1530. The topological polar surface area (TPSA) is 165 Å². The molecule has 0 aromatic heterocycles. The summed E-state index contributed by atoms with van der Waals surface area (Å²) in [6.45, 7) is 0. The maximum Gasteiger partial charge on any atom is 0.338 e. The number of carboxylic acids is 1. The van der Waals surface area contributed by atoms with E-state index < -0.39 is 5.97 Å². The van der Waals surface area contributed by atoms with Crippen LogP contribution in [0.1, 0.15) is 95.0 Å². The van der Waals surface area contributed by atoms with Crippen LogP contribution in [0.15, 0.2) is 97.1 Å². The maximum atomic E-state index is 12.1. The number of carbonyl (C=O) groups excluding carboxylic acids is 1. The second kappa shape index (κ2) is 17.1. The molecule has 2 aliphatic carbocycles. The fourth-order valence-electron chi connectivity index (χ4n) is 5.84. The number of aromatic carboxylic acids is 1. The van der Waals surface area contributed by atoms with E-state index in [0.717, 1.165) is 51.4 Å². The molecular weight excluding hydrogens is 600 g/mol. The predicted molar refractivity (Wildman–Crippen MR) is 177 cm³/mol. The number of phenols is 4. The van der Waals surface area contributed by atoms with Gasteiger partial charge in [-0.3, -0.25) is 0 Å². The Morgan fingerprint density at radius 2 is 0.830 bits per heavy atom. The lowest BCUT2D eigenvalue weighted by Crippen LogP contribution is -2.23. The van der Waals surface area contributed by atoms with E-state index >= 15 is 0 Å². The number of benzene rings is 4. The van der Waals surface area contributed by atoms with Gasteiger partial charge in [0.2, 0.25) is 0 Å². The molecule has 9 nitrogen and oxygen atoms in total. The lowest BCUT2D eigenvalue weighted by molar-refractivity contribution is 0.0195. The lowest BCUT2D eigenvalue weighted by atomic mass is 9.83. The van der Waals surface area contributed by atoms with E-state index in [1.807, 2.05) is 24.3 Å². The van der Waals surface area contributed by atoms with Gasteiger partial charge in [-0.25, -0.2) is 9.59 Å². The first-order valence-corrected chi connectivity index (χ1v) is 15.9. The first kappa shape index (κ1) is 34.8. The average molecular weight is 643 g/mol. The molecule has 2 aliphatic rings. The van der Waals surface area contributed by atoms with Crippen LogP contribution in [0.5, 0.6) is 23.0 Å². The second-order valence-electron chi connectivity index (χ2n) is 12.0. The number of aliphatic hydroxyl groups is 1. The Morgan fingerprint density at radius 1 is 0.489 bits per heavy atom. The summed E-state index contributed by atoms with van der Waals surface area (Å²) in [5.74, 6) is 0.520. The number of hydrogen-bond acceptors (Lipinski definition) is 8. The highest BCUT2D eigenvalue weighted by atomic mass is 16.5. The van der Waals surface area contributed by atoms with Gasteiger partial charge in [0.25, 0.3) is 0 Å². The van der Waals surface area contributed by atoms with Crippen molar-refractivity contribution in [1.82, 2.24) is 0 Å². The van der Waals surface area contributed by atoms with E-state index in [1.54, 1.807) is 36.4 Å². The summed E-state index contributed by atoms with van der Waals surface area (Å²) in [6, 6.07) is 26.3. The van der Waals surface area contributed by atoms with Crippen LogP contribution in [0.2, 0.25) is 0 Å². The predicted octanol–water partition coefficient (Wildman–Crippen LogP) is 7.48. The van der Waals surface area contributed by atoms with Crippen molar-refractivity contribution in [3.8, 4) is 23.0 Å². The molecule has 0 heterocycles. The number of aromatic hydroxyl groups is 4. The molecule has 0 atom stereocenters. The summed E-state index contributed by atoms with van der Waals surface area (Å²) in [5, 5.41) is 54.3. The molecular formula is C38H42O9. The molecule has 0 bridgehead atoms. The number of hydrogen-bond donors (Lipinski definition) is 6. The van der Waals surface area contributed by atoms with Crippen molar-refractivity contribution in [3.05, 3.63) is 119 Å². The van der Waals surface area contributed by atoms with Gasteiger partial charge in [0, 0.05) is 0 Å². The third kappa shape index (κ3) is 11.1. The molecule has 2 fully saturated rings. The van der Waals surface area contributed by atoms with E-state index in [4.69, 9.17) is 20.1 Å². The van der Waals surface area contributed by atoms with Gasteiger partial charge in [-0.2, -0.15) is 0 Å². The molecule has 0 unspecified atom stereocenters. The Balaban J connectivity index is 0.000000177. The van der Waals surface area contributed by atoms with Gasteiger partial charge in [-0.15, -0.1) is 0 Å². The summed E-state index contributed by atoms with van der Waals surface area (Å²) in [5.41, 5.74) is 3.15. The Morgan fingerprint density at radius 3 is 1.21 bits per heavy atom. The van der Waals surface area contributed by atoms with E-state index in [-0.39, 0.29) is 41.0 Å². The van der Waals surface area contributed by atoms with Crippen LogP contribution in [0.3, 0.4) is 0 Å². The summed E-state index contributed by atoms with van der Waals surface area (Å²) >= 11 is 0. The molecule has 0 aliphatic heterocycles. The number of esters is 1. The van der Waals surface area contributed by atoms with Crippen molar-refractivity contribution in [2.24, 2.45) is 0 Å². The summed E-state index contributed by atoms with van der Waals surface area (Å²) < 4.78 is 5.56. The van der Waals surface area contributed by atoms with Crippen molar-refractivity contribution in [1.29, 1.82) is 0 Å². The van der Waals surface area contributed by atoms with Gasteiger partial charge >= 0.3 is 11.9 Å². The van der Waals surface area contributed by atoms with Crippen LogP contribution in [-0.4, -0.2) is 54.8 Å². The maximum absolute atomic E-state index is 12.1. The Kier molecular flexibility index (Phi) is 12.6. The summed E-state index contributed by atoms with van der Waals surface area (Å²) in [7, 11) is 0. The minimum absolute atomic E-state index is 0.0512. The highest BCUT2D eigenvalue weighted by Gasteiger charge is 2.25. The fraction of sp³-hybridized carbons (Fsp3) is 0.316. The quantitative estimate of drug-likeness (QED) is 0.121. The normalized spacial score (nSPS) is 20.4. The van der Waals surface area contributed by atoms with Crippen LogP contribution in [0.25, 0.3) is 0 Å². The van der Waals surface area contributed by atoms with Gasteiger partial charge in [0.05, 0.1) is 17.2 Å². The third-order valence-electron chi connectivity index (χ3n) is 8.59. The SMILES string of the molecule is O=C(O)c1ccc(O)cc1.O=C(OC1CCC(c2ccc(O)cc2)CC1)c1ccc(O)cc1.Oc1ccc(C2CCC(O)CC2)cc1. The largest absolute Gasteiger partial charge is 0.508 e. The standard InChI is InChI=1S/C19H20O4.C12H16O2.C7H6O3/c20-16-7-1-13(2-8-16)14-5-11-18(12-6-14)23-19(22)15-3-9-17(21)10-4-15;13-11-5-1-9(2-6-11)10-3-7-12(14)8-4-10;8-6-3-1-5(2-4-6)7(9)10/h1-4,7-10,14,18,20-21H,5-6,11-12H2;1-2,5-6,10,12-14H,3-4,7-8H2;1-4,8H,(H,9,10). The van der Waals surface area contributed by atoms with Gasteiger partial charge in [0.15, 0.2) is 0 Å². The molecule has 6 N–H and O–H groups in total. The molecule has 0 amide bonds. The number of aliphatic hydroxyl groups excluding tert-OH is 1. The zero-order valence-corrected chi connectivity index (χ0v) is 26.1. The molecule has 248 valence electrons. The van der Waals surface area contributed by atoms with Crippen LogP contribution in [0, 0.1) is 0 Å². The summed E-state index contributed by atoms with van der Waals surface area (Å²) in [4.78, 5) is 22.3. The van der Waals surface area contributed by atoms with Crippen LogP contribution in [0.4, 0.5) is 0 Å². The average Bonchev–Trinajstić information content (AvgIpc) is 3.07. The molecule has 4 aromatic rings. The van der Waals surface area contributed by atoms with Crippen molar-refractivity contribution >= 4 is 11.9 Å². The molecule has 47 heavy (non-hydrogen) atoms. The molecule has 0 radical (unpaired) electrons. The van der Waals surface area contributed by atoms with Crippen molar-refractivity contribution in [2.45, 2.75) is 75.4 Å². The number of phenolic OH excluding ortho intramolecular Hbond substituents is 4. The van der Waals surface area contributed by atoms with Gasteiger partial charge in [0.1, 0.15) is 29.1 Å². The molecule has 6 rings (SSSR count). The van der Waals surface area contributed by atoms with E-state index in [0.29, 0.717) is 23.1 Å². The lowest BCUT2D eigenvalue weighted by Gasteiger charge is -2.28. The first-order chi connectivity index (χ1) is 22.6.